The van der Waals surface area contributed by atoms with Crippen molar-refractivity contribution in [2.24, 2.45) is 5.73 Å². The van der Waals surface area contributed by atoms with Crippen molar-refractivity contribution in [2.45, 2.75) is 12.5 Å². The van der Waals surface area contributed by atoms with Crippen LogP contribution in [0.5, 0.6) is 0 Å². The van der Waals surface area contributed by atoms with Gasteiger partial charge in [-0.3, -0.25) is 0 Å². The summed E-state index contributed by atoms with van der Waals surface area (Å²) in [5.74, 6) is 0. The van der Waals surface area contributed by atoms with Gasteiger partial charge in [-0.15, -0.1) is 0 Å². The predicted molar refractivity (Wildman–Crippen MR) is 117 cm³/mol. The second-order valence-electron chi connectivity index (χ2n) is 7.19. The van der Waals surface area contributed by atoms with Crippen molar-refractivity contribution < 1.29 is 0 Å². The third-order valence-electron chi connectivity index (χ3n) is 5.41. The first kappa shape index (κ1) is 16.0. The molecule has 0 saturated heterocycles. The largest absolute Gasteiger partial charge is 0.324 e. The summed E-state index contributed by atoms with van der Waals surface area (Å²) in [5.41, 5.74) is 11.0. The summed E-state index contributed by atoms with van der Waals surface area (Å²) in [6, 6.07) is 28.6. The molecule has 0 radical (unpaired) electrons. The van der Waals surface area contributed by atoms with Crippen LogP contribution < -0.4 is 5.73 Å². The van der Waals surface area contributed by atoms with Gasteiger partial charge in [0.25, 0.3) is 0 Å². The van der Waals surface area contributed by atoms with Gasteiger partial charge < -0.3 is 5.73 Å². The van der Waals surface area contributed by atoms with Crippen molar-refractivity contribution in [1.82, 2.24) is 0 Å². The number of hydrogen-bond acceptors (Lipinski definition) is 1. The topological polar surface area (TPSA) is 26.0 Å². The van der Waals surface area contributed by atoms with E-state index in [1.165, 1.54) is 43.8 Å². The van der Waals surface area contributed by atoms with E-state index in [0.717, 1.165) is 6.42 Å². The Kier molecular flexibility index (Phi) is 3.88. The van der Waals surface area contributed by atoms with E-state index in [4.69, 9.17) is 5.73 Å². The van der Waals surface area contributed by atoms with Crippen molar-refractivity contribution in [3.8, 4) is 11.1 Å². The van der Waals surface area contributed by atoms with Crippen LogP contribution in [-0.2, 0) is 0 Å². The Morgan fingerprint density at radius 1 is 0.704 bits per heavy atom. The number of fused-ring (bicyclic) bond motifs is 2. The van der Waals surface area contributed by atoms with E-state index in [9.17, 15) is 0 Å². The summed E-state index contributed by atoms with van der Waals surface area (Å²) in [6.45, 7) is 0. The molecule has 1 atom stereocenters. The molecule has 0 spiro atoms. The standard InChI is InChI=1S/C26H21N/c27-23-15-13-19(14-16-23)18-9-11-20(12-10-18)26-24-7-3-1-5-21(24)17-22-6-2-4-8-25(22)26/h1-15,17,23H,16,27H2. The summed E-state index contributed by atoms with van der Waals surface area (Å²) in [7, 11) is 0. The average Bonchev–Trinajstić information content (AvgIpc) is 2.73. The Labute approximate surface area is 159 Å². The van der Waals surface area contributed by atoms with Crippen molar-refractivity contribution in [1.29, 1.82) is 0 Å². The first-order valence-corrected chi connectivity index (χ1v) is 9.45. The van der Waals surface area contributed by atoms with E-state index in [1.54, 1.807) is 0 Å². The Bertz CT molecular complexity index is 1140. The van der Waals surface area contributed by atoms with E-state index in [0.29, 0.717) is 0 Å². The fourth-order valence-corrected chi connectivity index (χ4v) is 4.01. The molecule has 0 bridgehead atoms. The molecule has 1 aliphatic carbocycles. The molecule has 0 aliphatic heterocycles. The van der Waals surface area contributed by atoms with E-state index in [2.05, 4.69) is 97.1 Å². The molecule has 130 valence electrons. The summed E-state index contributed by atoms with van der Waals surface area (Å²) < 4.78 is 0. The summed E-state index contributed by atoms with van der Waals surface area (Å²) in [4.78, 5) is 0. The molecule has 0 saturated carbocycles. The first-order valence-electron chi connectivity index (χ1n) is 9.45. The lowest BCUT2D eigenvalue weighted by Crippen LogP contribution is -2.17. The Morgan fingerprint density at radius 2 is 1.30 bits per heavy atom. The van der Waals surface area contributed by atoms with Crippen LogP contribution >= 0.6 is 0 Å². The minimum Gasteiger partial charge on any atom is -0.324 e. The molecule has 0 amide bonds. The van der Waals surface area contributed by atoms with Crippen LogP contribution in [0.3, 0.4) is 0 Å². The first-order chi connectivity index (χ1) is 13.3. The van der Waals surface area contributed by atoms with Gasteiger partial charge in [-0.2, -0.15) is 0 Å². The second kappa shape index (κ2) is 6.53. The fourth-order valence-electron chi connectivity index (χ4n) is 4.01. The minimum absolute atomic E-state index is 0.148. The minimum atomic E-state index is 0.148. The summed E-state index contributed by atoms with van der Waals surface area (Å²) in [6.07, 6.45) is 7.35. The van der Waals surface area contributed by atoms with E-state index >= 15 is 0 Å². The molecule has 1 unspecified atom stereocenters. The van der Waals surface area contributed by atoms with Crippen LogP contribution in [0.25, 0.3) is 38.2 Å². The van der Waals surface area contributed by atoms with Gasteiger partial charge in [0.05, 0.1) is 0 Å². The Morgan fingerprint density at radius 3 is 1.89 bits per heavy atom. The molecule has 0 aromatic heterocycles. The molecule has 5 rings (SSSR count). The van der Waals surface area contributed by atoms with Gasteiger partial charge in [0.1, 0.15) is 0 Å². The maximum Gasteiger partial charge on any atom is 0.0262 e. The Balaban J connectivity index is 1.68. The molecule has 4 aromatic rings. The monoisotopic (exact) mass is 347 g/mol. The zero-order chi connectivity index (χ0) is 18.2. The molecule has 2 N–H and O–H groups in total. The Hall–Kier alpha value is -3.16. The maximum atomic E-state index is 5.95. The third kappa shape index (κ3) is 2.87. The number of hydrogen-bond donors (Lipinski definition) is 1. The molecule has 27 heavy (non-hydrogen) atoms. The van der Waals surface area contributed by atoms with Crippen LogP contribution in [0.15, 0.2) is 97.1 Å². The van der Waals surface area contributed by atoms with Crippen molar-refractivity contribution in [3.63, 3.8) is 0 Å². The quantitative estimate of drug-likeness (QED) is 0.421. The van der Waals surface area contributed by atoms with Gasteiger partial charge in [-0.1, -0.05) is 91.0 Å². The number of rotatable bonds is 2. The zero-order valence-electron chi connectivity index (χ0n) is 15.1. The van der Waals surface area contributed by atoms with E-state index in [1.807, 2.05) is 0 Å². The number of benzene rings is 4. The molecular weight excluding hydrogens is 326 g/mol. The lowest BCUT2D eigenvalue weighted by atomic mass is 9.90. The number of allylic oxidation sites excluding steroid dienone is 2. The van der Waals surface area contributed by atoms with Gasteiger partial charge in [0.2, 0.25) is 0 Å². The van der Waals surface area contributed by atoms with Gasteiger partial charge >= 0.3 is 0 Å². The lowest BCUT2D eigenvalue weighted by Gasteiger charge is -2.14. The van der Waals surface area contributed by atoms with Gasteiger partial charge in [-0.25, -0.2) is 0 Å². The van der Waals surface area contributed by atoms with Gasteiger partial charge in [0, 0.05) is 6.04 Å². The van der Waals surface area contributed by atoms with Crippen LogP contribution in [-0.4, -0.2) is 6.04 Å². The maximum absolute atomic E-state index is 5.95. The SMILES string of the molecule is NC1C=CC(c2ccc(-c3c4ccccc4cc4ccccc34)cc2)=CC1. The number of nitrogens with two attached hydrogens (primary N) is 1. The molecule has 1 aliphatic rings. The highest BCUT2D eigenvalue weighted by Gasteiger charge is 2.11. The highest BCUT2D eigenvalue weighted by atomic mass is 14.6. The van der Waals surface area contributed by atoms with Crippen LogP contribution in [0, 0.1) is 0 Å². The van der Waals surface area contributed by atoms with Crippen molar-refractivity contribution in [3.05, 3.63) is 103 Å². The van der Waals surface area contributed by atoms with Crippen LogP contribution in [0.4, 0.5) is 0 Å². The van der Waals surface area contributed by atoms with Gasteiger partial charge in [0.15, 0.2) is 0 Å². The third-order valence-corrected chi connectivity index (χ3v) is 5.41. The highest BCUT2D eigenvalue weighted by Crippen LogP contribution is 2.36. The summed E-state index contributed by atoms with van der Waals surface area (Å²) in [5, 5.41) is 5.16. The normalized spacial score (nSPS) is 16.6. The van der Waals surface area contributed by atoms with Crippen LogP contribution in [0.2, 0.25) is 0 Å². The fraction of sp³-hybridized carbons (Fsp3) is 0.0769. The zero-order valence-corrected chi connectivity index (χ0v) is 15.1. The van der Waals surface area contributed by atoms with Crippen LogP contribution in [0.1, 0.15) is 12.0 Å². The highest BCUT2D eigenvalue weighted by molar-refractivity contribution is 6.12. The summed E-state index contributed by atoms with van der Waals surface area (Å²) >= 11 is 0. The smallest absolute Gasteiger partial charge is 0.0262 e. The van der Waals surface area contributed by atoms with Gasteiger partial charge in [-0.05, 0) is 56.3 Å². The molecule has 1 heteroatoms. The lowest BCUT2D eigenvalue weighted by molar-refractivity contribution is 0.828. The predicted octanol–water partition coefficient (Wildman–Crippen LogP) is 6.33. The second-order valence-corrected chi connectivity index (χ2v) is 7.19. The van der Waals surface area contributed by atoms with E-state index < -0.39 is 0 Å². The van der Waals surface area contributed by atoms with E-state index in [-0.39, 0.29) is 6.04 Å². The van der Waals surface area contributed by atoms with Crippen molar-refractivity contribution in [2.75, 3.05) is 0 Å². The molecule has 1 nitrogen and oxygen atoms in total. The van der Waals surface area contributed by atoms with Crippen molar-refractivity contribution >= 4 is 27.1 Å². The molecule has 0 heterocycles. The molecular formula is C26H21N. The molecule has 0 fully saturated rings. The molecule has 4 aromatic carbocycles. The average molecular weight is 347 g/mol.